The van der Waals surface area contributed by atoms with Crippen LogP contribution in [0.2, 0.25) is 0 Å². The number of para-hydroxylation sites is 1. The first-order valence-corrected chi connectivity index (χ1v) is 9.22. The lowest BCUT2D eigenvalue weighted by Crippen LogP contribution is -2.12. The van der Waals surface area contributed by atoms with Crippen molar-refractivity contribution in [1.29, 1.82) is 0 Å². The number of hydrogen-bond acceptors (Lipinski definition) is 2. The van der Waals surface area contributed by atoms with Gasteiger partial charge in [-0.1, -0.05) is 50.9 Å². The fourth-order valence-electron chi connectivity index (χ4n) is 2.40. The number of carbonyl (C=O) groups is 2. The molecule has 0 atom stereocenters. The zero-order valence-corrected chi connectivity index (χ0v) is 16.9. The molecule has 0 aromatic heterocycles. The zero-order chi connectivity index (χ0) is 18.6. The number of carbonyl (C=O) groups excluding carboxylic acids is 1. The Balaban J connectivity index is 2.26. The van der Waals surface area contributed by atoms with Crippen molar-refractivity contribution in [3.8, 4) is 0 Å². The number of rotatable bonds is 5. The molecule has 0 spiro atoms. The summed E-state index contributed by atoms with van der Waals surface area (Å²) in [5.74, 6) is -1.46. The second kappa shape index (κ2) is 8.45. The van der Waals surface area contributed by atoms with Gasteiger partial charge in [0.2, 0.25) is 5.91 Å². The third-order valence-corrected chi connectivity index (χ3v) is 5.13. The van der Waals surface area contributed by atoms with Crippen molar-refractivity contribution in [2.45, 2.75) is 20.3 Å². The largest absolute Gasteiger partial charge is 0.478 e. The molecule has 1 amide bonds. The minimum Gasteiger partial charge on any atom is -0.478 e. The summed E-state index contributed by atoms with van der Waals surface area (Å²) < 4.78 is 1.95. The van der Waals surface area contributed by atoms with Crippen LogP contribution < -0.4 is 5.32 Å². The number of carboxylic acids is 1. The minimum absolute atomic E-state index is 0.0553. The quantitative estimate of drug-likeness (QED) is 0.570. The van der Waals surface area contributed by atoms with Gasteiger partial charge < -0.3 is 10.4 Å². The molecule has 0 bridgehead atoms. The third-order valence-electron chi connectivity index (χ3n) is 3.71. The van der Waals surface area contributed by atoms with Crippen LogP contribution in [-0.2, 0) is 11.2 Å². The number of benzene rings is 2. The van der Waals surface area contributed by atoms with E-state index in [4.69, 9.17) is 0 Å². The molecule has 2 N–H and O–H groups in total. The van der Waals surface area contributed by atoms with Crippen molar-refractivity contribution in [2.75, 3.05) is 5.32 Å². The van der Waals surface area contributed by atoms with Gasteiger partial charge in [-0.05, 0) is 54.3 Å². The molecule has 0 heterocycles. The van der Waals surface area contributed by atoms with Crippen LogP contribution in [0.1, 0.15) is 35.3 Å². The van der Waals surface area contributed by atoms with Gasteiger partial charge in [0, 0.05) is 15.0 Å². The monoisotopic (exact) mass is 465 g/mol. The molecule has 130 valence electrons. The molecule has 0 aliphatic rings. The molecule has 6 heteroatoms. The summed E-state index contributed by atoms with van der Waals surface area (Å²) in [6, 6.07) is 10.2. The number of allylic oxidation sites excluding steroid dienone is 1. The van der Waals surface area contributed by atoms with E-state index in [1.165, 1.54) is 12.1 Å². The number of carboxylic acid groups (broad SMARTS) is 1. The Morgan fingerprint density at radius 1 is 1.16 bits per heavy atom. The summed E-state index contributed by atoms with van der Waals surface area (Å²) in [6.45, 7) is 3.91. The predicted molar refractivity (Wildman–Crippen MR) is 107 cm³/mol. The Hall–Kier alpha value is -1.92. The van der Waals surface area contributed by atoms with Crippen molar-refractivity contribution >= 4 is 55.0 Å². The van der Waals surface area contributed by atoms with Gasteiger partial charge in [0.15, 0.2) is 0 Å². The van der Waals surface area contributed by atoms with Crippen LogP contribution in [-0.4, -0.2) is 17.0 Å². The average Bonchev–Trinajstić information content (AvgIpc) is 2.54. The molecule has 2 aromatic rings. The van der Waals surface area contributed by atoms with Crippen molar-refractivity contribution in [1.82, 2.24) is 0 Å². The number of nitrogens with one attached hydrogen (secondary N) is 1. The third kappa shape index (κ3) is 4.80. The van der Waals surface area contributed by atoms with Crippen LogP contribution in [0.4, 0.5) is 5.69 Å². The van der Waals surface area contributed by atoms with Gasteiger partial charge in [-0.3, -0.25) is 4.79 Å². The molecule has 0 radical (unpaired) electrons. The van der Waals surface area contributed by atoms with E-state index in [2.05, 4.69) is 44.1 Å². The van der Waals surface area contributed by atoms with Gasteiger partial charge in [0.05, 0.1) is 11.3 Å². The Labute approximate surface area is 163 Å². The first-order valence-electron chi connectivity index (χ1n) is 7.63. The number of anilines is 1. The molecule has 0 saturated heterocycles. The molecule has 0 aliphatic heterocycles. The van der Waals surface area contributed by atoms with E-state index < -0.39 is 5.97 Å². The lowest BCUT2D eigenvalue weighted by Gasteiger charge is -2.10. The fraction of sp³-hybridized carbons (Fsp3) is 0.158. The maximum atomic E-state index is 12.3. The van der Waals surface area contributed by atoms with E-state index >= 15 is 0 Å². The maximum Gasteiger partial charge on any atom is 0.337 e. The van der Waals surface area contributed by atoms with Gasteiger partial charge in [0.25, 0.3) is 0 Å². The fourth-order valence-corrected chi connectivity index (χ4v) is 4.14. The van der Waals surface area contributed by atoms with Crippen LogP contribution in [0, 0.1) is 0 Å². The lowest BCUT2D eigenvalue weighted by atomic mass is 10.0. The van der Waals surface area contributed by atoms with Crippen LogP contribution in [0.3, 0.4) is 0 Å². The zero-order valence-electron chi connectivity index (χ0n) is 13.8. The van der Waals surface area contributed by atoms with E-state index in [9.17, 15) is 14.7 Å². The Morgan fingerprint density at radius 3 is 2.32 bits per heavy atom. The summed E-state index contributed by atoms with van der Waals surface area (Å²) in [5, 5.41) is 11.8. The van der Waals surface area contributed by atoms with Crippen molar-refractivity contribution in [2.24, 2.45) is 0 Å². The SMILES string of the molecule is CCc1c(Br)cc(/C(C)=C\C(=O)Nc2ccccc2C(=O)O)cc1Br. The molecule has 0 aliphatic carbocycles. The van der Waals surface area contributed by atoms with Gasteiger partial charge >= 0.3 is 5.97 Å². The molecule has 0 fully saturated rings. The van der Waals surface area contributed by atoms with Crippen LogP contribution in [0.25, 0.3) is 5.57 Å². The average molecular weight is 467 g/mol. The number of halogens is 2. The summed E-state index contributed by atoms with van der Waals surface area (Å²) in [6.07, 6.45) is 2.34. The lowest BCUT2D eigenvalue weighted by molar-refractivity contribution is -0.111. The van der Waals surface area contributed by atoms with Crippen molar-refractivity contribution < 1.29 is 14.7 Å². The van der Waals surface area contributed by atoms with E-state index in [-0.39, 0.29) is 17.2 Å². The summed E-state index contributed by atoms with van der Waals surface area (Å²) in [5.41, 5.74) is 3.16. The van der Waals surface area contributed by atoms with E-state index in [0.29, 0.717) is 0 Å². The topological polar surface area (TPSA) is 66.4 Å². The number of amides is 1. The number of aromatic carboxylic acids is 1. The minimum atomic E-state index is -1.08. The van der Waals surface area contributed by atoms with Crippen LogP contribution >= 0.6 is 31.9 Å². The molecule has 4 nitrogen and oxygen atoms in total. The Bertz CT molecular complexity index is 836. The van der Waals surface area contributed by atoms with Crippen LogP contribution in [0.5, 0.6) is 0 Å². The summed E-state index contributed by atoms with van der Waals surface area (Å²) in [4.78, 5) is 23.5. The van der Waals surface area contributed by atoms with Gasteiger partial charge in [-0.25, -0.2) is 4.79 Å². The first-order chi connectivity index (χ1) is 11.8. The summed E-state index contributed by atoms with van der Waals surface area (Å²) in [7, 11) is 0. The molecular formula is C19H17Br2NO3. The predicted octanol–water partition coefficient (Wildman–Crippen LogP) is 5.51. The van der Waals surface area contributed by atoms with E-state index in [0.717, 1.165) is 32.1 Å². The highest BCUT2D eigenvalue weighted by Gasteiger charge is 2.12. The first kappa shape index (κ1) is 19.4. The molecular weight excluding hydrogens is 450 g/mol. The molecule has 2 rings (SSSR count). The van der Waals surface area contributed by atoms with Crippen molar-refractivity contribution in [3.63, 3.8) is 0 Å². The normalized spacial score (nSPS) is 11.3. The second-order valence-corrected chi connectivity index (χ2v) is 7.15. The Kier molecular flexibility index (Phi) is 6.56. The highest BCUT2D eigenvalue weighted by Crippen LogP contribution is 2.30. The highest BCUT2D eigenvalue weighted by atomic mass is 79.9. The second-order valence-electron chi connectivity index (χ2n) is 5.44. The molecule has 2 aromatic carbocycles. The molecule has 25 heavy (non-hydrogen) atoms. The standard InChI is InChI=1S/C19H17Br2NO3/c1-3-13-15(20)9-12(10-16(13)21)11(2)8-18(23)22-17-7-5-4-6-14(17)19(24)25/h4-10H,3H2,1-2H3,(H,22,23)(H,24,25)/b11-8-. The highest BCUT2D eigenvalue weighted by molar-refractivity contribution is 9.11. The van der Waals surface area contributed by atoms with E-state index in [1.54, 1.807) is 18.2 Å². The van der Waals surface area contributed by atoms with Crippen LogP contribution in [0.15, 0.2) is 51.4 Å². The van der Waals surface area contributed by atoms with Gasteiger partial charge in [-0.15, -0.1) is 0 Å². The summed E-state index contributed by atoms with van der Waals surface area (Å²) >= 11 is 7.10. The van der Waals surface area contributed by atoms with E-state index in [1.807, 2.05) is 19.1 Å². The molecule has 0 unspecified atom stereocenters. The van der Waals surface area contributed by atoms with Gasteiger partial charge in [0.1, 0.15) is 0 Å². The molecule has 0 saturated carbocycles. The smallest absolute Gasteiger partial charge is 0.337 e. The number of hydrogen-bond donors (Lipinski definition) is 2. The van der Waals surface area contributed by atoms with Crippen molar-refractivity contribution in [3.05, 3.63) is 68.1 Å². The van der Waals surface area contributed by atoms with Gasteiger partial charge in [-0.2, -0.15) is 0 Å². The maximum absolute atomic E-state index is 12.3. The Morgan fingerprint density at radius 2 is 1.76 bits per heavy atom.